The third-order valence-corrected chi connectivity index (χ3v) is 5.71. The second-order valence-corrected chi connectivity index (χ2v) is 8.97. The summed E-state index contributed by atoms with van der Waals surface area (Å²) < 4.78 is 0. The minimum absolute atomic E-state index is 0.00561. The third kappa shape index (κ3) is 4.93. The fraction of sp³-hybridized carbons (Fsp3) is 0.947. The van der Waals surface area contributed by atoms with Crippen molar-refractivity contribution in [3.05, 3.63) is 0 Å². The van der Waals surface area contributed by atoms with Gasteiger partial charge in [0.25, 0.3) is 0 Å². The van der Waals surface area contributed by atoms with Gasteiger partial charge in [0.1, 0.15) is 0 Å². The lowest BCUT2D eigenvalue weighted by Crippen LogP contribution is -2.49. The van der Waals surface area contributed by atoms with Crippen molar-refractivity contribution < 1.29 is 9.90 Å². The van der Waals surface area contributed by atoms with Crippen molar-refractivity contribution in [2.75, 3.05) is 52.9 Å². The van der Waals surface area contributed by atoms with Crippen molar-refractivity contribution >= 4 is 5.91 Å². The number of carbonyl (C=O) groups is 1. The summed E-state index contributed by atoms with van der Waals surface area (Å²) in [7, 11) is 2.17. The van der Waals surface area contributed by atoms with Crippen LogP contribution < -0.4 is 0 Å². The smallest absolute Gasteiger partial charge is 0.223 e. The second kappa shape index (κ2) is 8.15. The molecule has 0 radical (unpaired) electrons. The van der Waals surface area contributed by atoms with E-state index in [0.717, 1.165) is 45.7 Å². The number of hydrogen-bond acceptors (Lipinski definition) is 4. The lowest BCUT2D eigenvalue weighted by atomic mass is 9.88. The number of aliphatic hydroxyl groups excluding tert-OH is 1. The first-order valence-electron chi connectivity index (χ1n) is 9.56. The van der Waals surface area contributed by atoms with E-state index in [1.807, 2.05) is 4.90 Å². The van der Waals surface area contributed by atoms with E-state index >= 15 is 0 Å². The van der Waals surface area contributed by atoms with Gasteiger partial charge in [0.15, 0.2) is 0 Å². The topological polar surface area (TPSA) is 47.0 Å². The third-order valence-electron chi connectivity index (χ3n) is 5.71. The Bertz CT molecular complexity index is 413. The van der Waals surface area contributed by atoms with Gasteiger partial charge in [-0.25, -0.2) is 0 Å². The van der Waals surface area contributed by atoms with Crippen LogP contribution in [0.15, 0.2) is 0 Å². The van der Waals surface area contributed by atoms with Crippen LogP contribution in [0.3, 0.4) is 0 Å². The largest absolute Gasteiger partial charge is 0.394 e. The van der Waals surface area contributed by atoms with Crippen LogP contribution >= 0.6 is 0 Å². The van der Waals surface area contributed by atoms with Gasteiger partial charge >= 0.3 is 0 Å². The molecule has 2 aliphatic rings. The number of carbonyl (C=O) groups excluding carboxylic acids is 1. The van der Waals surface area contributed by atoms with Crippen LogP contribution in [-0.4, -0.2) is 84.7 Å². The highest BCUT2D eigenvalue weighted by atomic mass is 16.3. The molecule has 0 aliphatic carbocycles. The molecular formula is C19H37N3O2. The normalized spacial score (nSPS) is 30.1. The van der Waals surface area contributed by atoms with Crippen LogP contribution in [0.4, 0.5) is 0 Å². The summed E-state index contributed by atoms with van der Waals surface area (Å²) >= 11 is 0. The zero-order chi connectivity index (χ0) is 17.9. The molecule has 0 aromatic rings. The van der Waals surface area contributed by atoms with E-state index in [-0.39, 0.29) is 24.0 Å². The maximum absolute atomic E-state index is 12.8. The van der Waals surface area contributed by atoms with Crippen molar-refractivity contribution in [2.24, 2.45) is 17.3 Å². The molecule has 0 bridgehead atoms. The first-order valence-corrected chi connectivity index (χ1v) is 9.56. The van der Waals surface area contributed by atoms with Gasteiger partial charge in [0.2, 0.25) is 5.91 Å². The van der Waals surface area contributed by atoms with E-state index in [9.17, 15) is 9.90 Å². The summed E-state index contributed by atoms with van der Waals surface area (Å²) in [6, 6.07) is -0.00976. The van der Waals surface area contributed by atoms with Gasteiger partial charge < -0.3 is 19.8 Å². The molecule has 24 heavy (non-hydrogen) atoms. The molecule has 2 aliphatic heterocycles. The minimum atomic E-state index is -0.00976. The zero-order valence-electron chi connectivity index (χ0n) is 16.3. The SMILES string of the molecule is CC[C@@H]1CN(C(=O)CC(C)(C)C)[C@H](CO)[C@@H]1CN1CCN(C)CC1. The summed E-state index contributed by atoms with van der Waals surface area (Å²) in [4.78, 5) is 19.6. The van der Waals surface area contributed by atoms with Crippen LogP contribution in [-0.2, 0) is 4.79 Å². The molecule has 2 rings (SSSR count). The van der Waals surface area contributed by atoms with E-state index in [4.69, 9.17) is 0 Å². The molecular weight excluding hydrogens is 302 g/mol. The number of likely N-dealkylation sites (N-methyl/N-ethyl adjacent to an activating group) is 1. The maximum Gasteiger partial charge on any atom is 0.223 e. The Labute approximate surface area is 148 Å². The van der Waals surface area contributed by atoms with Crippen LogP contribution in [0.25, 0.3) is 0 Å². The van der Waals surface area contributed by atoms with Gasteiger partial charge in [-0.15, -0.1) is 0 Å². The number of hydrogen-bond donors (Lipinski definition) is 1. The predicted octanol–water partition coefficient (Wildman–Crippen LogP) is 1.52. The number of amides is 1. The van der Waals surface area contributed by atoms with Gasteiger partial charge in [0.05, 0.1) is 12.6 Å². The highest BCUT2D eigenvalue weighted by Crippen LogP contribution is 2.34. The van der Waals surface area contributed by atoms with Crippen molar-refractivity contribution in [1.82, 2.24) is 14.7 Å². The van der Waals surface area contributed by atoms with Crippen LogP contribution in [0.2, 0.25) is 0 Å². The van der Waals surface area contributed by atoms with Gasteiger partial charge in [-0.1, -0.05) is 34.1 Å². The summed E-state index contributed by atoms with van der Waals surface area (Å²) in [5.74, 6) is 1.11. The van der Waals surface area contributed by atoms with Gasteiger partial charge in [-0.3, -0.25) is 4.79 Å². The Morgan fingerprint density at radius 3 is 2.29 bits per heavy atom. The highest BCUT2D eigenvalue weighted by Gasteiger charge is 2.43. The molecule has 5 heteroatoms. The van der Waals surface area contributed by atoms with E-state index in [1.165, 1.54) is 0 Å². The maximum atomic E-state index is 12.8. The van der Waals surface area contributed by atoms with Crippen molar-refractivity contribution in [2.45, 2.75) is 46.6 Å². The van der Waals surface area contributed by atoms with E-state index in [2.05, 4.69) is 44.5 Å². The lowest BCUT2D eigenvalue weighted by Gasteiger charge is -2.36. The Morgan fingerprint density at radius 1 is 1.17 bits per heavy atom. The lowest BCUT2D eigenvalue weighted by molar-refractivity contribution is -0.135. The van der Waals surface area contributed by atoms with E-state index in [1.54, 1.807) is 0 Å². The fourth-order valence-electron chi connectivity index (χ4n) is 4.18. The first kappa shape index (κ1) is 19.7. The number of piperazine rings is 1. The van der Waals surface area contributed by atoms with E-state index < -0.39 is 0 Å². The molecule has 0 spiro atoms. The van der Waals surface area contributed by atoms with Crippen molar-refractivity contribution in [3.8, 4) is 0 Å². The molecule has 0 aromatic carbocycles. The molecule has 2 fully saturated rings. The van der Waals surface area contributed by atoms with Crippen molar-refractivity contribution in [1.29, 1.82) is 0 Å². The molecule has 0 unspecified atom stereocenters. The Hall–Kier alpha value is -0.650. The number of nitrogens with zero attached hydrogens (tertiary/aromatic N) is 3. The van der Waals surface area contributed by atoms with Crippen LogP contribution in [0, 0.1) is 17.3 Å². The number of rotatable bonds is 5. The Morgan fingerprint density at radius 2 is 1.79 bits per heavy atom. The second-order valence-electron chi connectivity index (χ2n) is 8.97. The summed E-state index contributed by atoms with van der Waals surface area (Å²) in [6.45, 7) is 14.9. The first-order chi connectivity index (χ1) is 11.2. The molecule has 2 saturated heterocycles. The minimum Gasteiger partial charge on any atom is -0.394 e. The molecule has 0 aromatic heterocycles. The molecule has 2 heterocycles. The highest BCUT2D eigenvalue weighted by molar-refractivity contribution is 5.77. The molecule has 3 atom stereocenters. The summed E-state index contributed by atoms with van der Waals surface area (Å²) in [5.41, 5.74) is -0.00561. The van der Waals surface area contributed by atoms with Crippen LogP contribution in [0.1, 0.15) is 40.5 Å². The Balaban J connectivity index is 2.04. The van der Waals surface area contributed by atoms with Gasteiger partial charge in [-0.2, -0.15) is 0 Å². The van der Waals surface area contributed by atoms with Gasteiger partial charge in [-0.05, 0) is 24.3 Å². The molecule has 1 N–H and O–H groups in total. The van der Waals surface area contributed by atoms with Crippen LogP contribution in [0.5, 0.6) is 0 Å². The van der Waals surface area contributed by atoms with E-state index in [0.29, 0.717) is 18.3 Å². The molecule has 0 saturated carbocycles. The summed E-state index contributed by atoms with van der Waals surface area (Å²) in [6.07, 6.45) is 1.63. The van der Waals surface area contributed by atoms with Gasteiger partial charge in [0, 0.05) is 45.7 Å². The standard InChI is InChI=1S/C19H37N3O2/c1-6-15-12-22(18(24)11-19(2,3)4)17(14-23)16(15)13-21-9-7-20(5)8-10-21/h15-17,23H,6-14H2,1-5H3/t15-,16-,17-/m1/s1. The van der Waals surface area contributed by atoms with Crippen molar-refractivity contribution in [3.63, 3.8) is 0 Å². The fourth-order valence-corrected chi connectivity index (χ4v) is 4.18. The zero-order valence-corrected chi connectivity index (χ0v) is 16.3. The molecule has 140 valence electrons. The average molecular weight is 340 g/mol. The predicted molar refractivity (Wildman–Crippen MR) is 97.9 cm³/mol. The Kier molecular flexibility index (Phi) is 6.68. The molecule has 5 nitrogen and oxygen atoms in total. The number of likely N-dealkylation sites (tertiary alicyclic amines) is 1. The number of aliphatic hydroxyl groups is 1. The average Bonchev–Trinajstić information content (AvgIpc) is 2.85. The molecule has 1 amide bonds. The monoisotopic (exact) mass is 339 g/mol. The quantitative estimate of drug-likeness (QED) is 0.825. The summed E-state index contributed by atoms with van der Waals surface area (Å²) in [5, 5.41) is 10.0.